The molecule has 0 aliphatic carbocycles. The Balaban J connectivity index is 2.08. The van der Waals surface area contributed by atoms with Gasteiger partial charge in [-0.15, -0.1) is 0 Å². The molecule has 3 nitrogen and oxygen atoms in total. The molecule has 0 amide bonds. The second kappa shape index (κ2) is 6.46. The number of rotatable bonds is 6. The van der Waals surface area contributed by atoms with Gasteiger partial charge in [-0.3, -0.25) is 4.90 Å². The first kappa shape index (κ1) is 12.9. The number of nitrogens with zero attached hydrogens (tertiary/aromatic N) is 1. The number of hydrogen-bond acceptors (Lipinski definition) is 3. The van der Waals surface area contributed by atoms with Crippen LogP contribution in [0.1, 0.15) is 34.1 Å². The van der Waals surface area contributed by atoms with Crippen LogP contribution in [-0.2, 0) is 4.74 Å². The van der Waals surface area contributed by atoms with Gasteiger partial charge in [-0.05, 0) is 26.8 Å². The molecule has 90 valence electrons. The van der Waals surface area contributed by atoms with Gasteiger partial charge in [0.05, 0.1) is 12.7 Å². The fraction of sp³-hybridized carbons (Fsp3) is 1.00. The van der Waals surface area contributed by atoms with Crippen molar-refractivity contribution in [2.45, 2.75) is 52.3 Å². The molecule has 3 heteroatoms. The van der Waals surface area contributed by atoms with Crippen molar-refractivity contribution in [2.75, 3.05) is 26.2 Å². The van der Waals surface area contributed by atoms with Gasteiger partial charge >= 0.3 is 0 Å². The van der Waals surface area contributed by atoms with Crippen molar-refractivity contribution in [1.29, 1.82) is 0 Å². The first-order chi connectivity index (χ1) is 7.08. The summed E-state index contributed by atoms with van der Waals surface area (Å²) < 4.78 is 5.56. The van der Waals surface area contributed by atoms with Crippen LogP contribution in [0.4, 0.5) is 0 Å². The Labute approximate surface area is 94.2 Å². The van der Waals surface area contributed by atoms with Crippen LogP contribution in [0.2, 0.25) is 0 Å². The molecular weight excluding hydrogens is 188 g/mol. The Hall–Kier alpha value is -0.120. The summed E-state index contributed by atoms with van der Waals surface area (Å²) in [6, 6.07) is 1.28. The maximum Gasteiger partial charge on any atom is 0.0596 e. The average Bonchev–Trinajstić information content (AvgIpc) is 2.50. The van der Waals surface area contributed by atoms with Gasteiger partial charge in [0.2, 0.25) is 0 Å². The lowest BCUT2D eigenvalue weighted by atomic mass is 10.2. The monoisotopic (exact) mass is 214 g/mol. The van der Waals surface area contributed by atoms with E-state index >= 15 is 0 Å². The molecule has 0 bridgehead atoms. The lowest BCUT2D eigenvalue weighted by Gasteiger charge is -2.18. The van der Waals surface area contributed by atoms with Gasteiger partial charge in [-0.2, -0.15) is 0 Å². The summed E-state index contributed by atoms with van der Waals surface area (Å²) in [6.07, 6.45) is 1.64. The summed E-state index contributed by atoms with van der Waals surface area (Å²) in [4.78, 5) is 2.49. The summed E-state index contributed by atoms with van der Waals surface area (Å²) >= 11 is 0. The predicted molar refractivity (Wildman–Crippen MR) is 64.2 cm³/mol. The standard InChI is InChI=1S/C12H26N2O/c1-10(2)13-12-5-6-14(9-12)7-8-15-11(3)4/h10-13H,5-9H2,1-4H3. The minimum Gasteiger partial charge on any atom is -0.377 e. The molecule has 1 aliphatic heterocycles. The molecular formula is C12H26N2O. The van der Waals surface area contributed by atoms with Crippen LogP contribution in [0.25, 0.3) is 0 Å². The van der Waals surface area contributed by atoms with Crippen LogP contribution in [0, 0.1) is 0 Å². The smallest absolute Gasteiger partial charge is 0.0596 e. The molecule has 0 aromatic carbocycles. The third-order valence-corrected chi connectivity index (χ3v) is 2.70. The molecule has 0 aromatic heterocycles. The van der Waals surface area contributed by atoms with E-state index in [9.17, 15) is 0 Å². The highest BCUT2D eigenvalue weighted by molar-refractivity contribution is 4.81. The summed E-state index contributed by atoms with van der Waals surface area (Å²) in [5.74, 6) is 0. The molecule has 0 radical (unpaired) electrons. The van der Waals surface area contributed by atoms with Gasteiger partial charge in [0, 0.05) is 25.2 Å². The molecule has 15 heavy (non-hydrogen) atoms. The maximum absolute atomic E-state index is 5.56. The van der Waals surface area contributed by atoms with Crippen molar-refractivity contribution in [3.05, 3.63) is 0 Å². The molecule has 1 heterocycles. The molecule has 0 aromatic rings. The van der Waals surface area contributed by atoms with Gasteiger partial charge in [0.25, 0.3) is 0 Å². The van der Waals surface area contributed by atoms with E-state index in [4.69, 9.17) is 4.74 Å². The largest absolute Gasteiger partial charge is 0.377 e. The second-order valence-corrected chi connectivity index (χ2v) is 5.03. The van der Waals surface area contributed by atoms with Gasteiger partial charge in [-0.25, -0.2) is 0 Å². The summed E-state index contributed by atoms with van der Waals surface area (Å²) in [5.41, 5.74) is 0. The SMILES string of the molecule is CC(C)NC1CCN(CCOC(C)C)C1. The van der Waals surface area contributed by atoms with Crippen LogP contribution in [0.3, 0.4) is 0 Å². The molecule has 1 aliphatic rings. The van der Waals surface area contributed by atoms with Gasteiger partial charge in [0.1, 0.15) is 0 Å². The Bertz CT molecular complexity index is 171. The number of likely N-dealkylation sites (tertiary alicyclic amines) is 1. The predicted octanol–water partition coefficient (Wildman–Crippen LogP) is 1.48. The second-order valence-electron chi connectivity index (χ2n) is 5.03. The molecule has 0 saturated carbocycles. The maximum atomic E-state index is 5.56. The van der Waals surface area contributed by atoms with E-state index < -0.39 is 0 Å². The molecule has 1 N–H and O–H groups in total. The Morgan fingerprint density at radius 1 is 1.33 bits per heavy atom. The third-order valence-electron chi connectivity index (χ3n) is 2.70. The fourth-order valence-corrected chi connectivity index (χ4v) is 2.06. The third kappa shape index (κ3) is 5.50. The van der Waals surface area contributed by atoms with E-state index in [0.29, 0.717) is 18.2 Å². The minimum absolute atomic E-state index is 0.359. The zero-order valence-corrected chi connectivity index (χ0v) is 10.6. The quantitative estimate of drug-likeness (QED) is 0.725. The van der Waals surface area contributed by atoms with Gasteiger partial charge in [0.15, 0.2) is 0 Å². The number of hydrogen-bond donors (Lipinski definition) is 1. The lowest BCUT2D eigenvalue weighted by Crippen LogP contribution is -2.37. The summed E-state index contributed by atoms with van der Waals surface area (Å²) in [7, 11) is 0. The molecule has 1 unspecified atom stereocenters. The minimum atomic E-state index is 0.359. The van der Waals surface area contributed by atoms with Crippen molar-refractivity contribution < 1.29 is 4.74 Å². The highest BCUT2D eigenvalue weighted by atomic mass is 16.5. The topological polar surface area (TPSA) is 24.5 Å². The van der Waals surface area contributed by atoms with Crippen molar-refractivity contribution in [1.82, 2.24) is 10.2 Å². The molecule has 1 saturated heterocycles. The van der Waals surface area contributed by atoms with E-state index in [1.54, 1.807) is 0 Å². The van der Waals surface area contributed by atoms with E-state index in [-0.39, 0.29) is 0 Å². The molecule has 1 atom stereocenters. The summed E-state index contributed by atoms with van der Waals surface area (Å²) in [6.45, 7) is 12.9. The van der Waals surface area contributed by atoms with E-state index in [1.807, 2.05) is 0 Å². The number of nitrogens with one attached hydrogen (secondary N) is 1. The Kier molecular flexibility index (Phi) is 5.58. The van der Waals surface area contributed by atoms with Crippen LogP contribution in [0.15, 0.2) is 0 Å². The lowest BCUT2D eigenvalue weighted by molar-refractivity contribution is 0.0631. The summed E-state index contributed by atoms with van der Waals surface area (Å²) in [5, 5.41) is 3.59. The van der Waals surface area contributed by atoms with Crippen molar-refractivity contribution in [2.24, 2.45) is 0 Å². The van der Waals surface area contributed by atoms with Crippen LogP contribution in [-0.4, -0.2) is 49.3 Å². The average molecular weight is 214 g/mol. The van der Waals surface area contributed by atoms with Crippen LogP contribution >= 0.6 is 0 Å². The molecule has 0 spiro atoms. The molecule has 1 fully saturated rings. The Morgan fingerprint density at radius 2 is 2.07 bits per heavy atom. The van der Waals surface area contributed by atoms with Crippen molar-refractivity contribution in [3.63, 3.8) is 0 Å². The first-order valence-electron chi connectivity index (χ1n) is 6.18. The number of ether oxygens (including phenoxy) is 1. The first-order valence-corrected chi connectivity index (χ1v) is 6.18. The zero-order chi connectivity index (χ0) is 11.3. The Morgan fingerprint density at radius 3 is 2.67 bits per heavy atom. The highest BCUT2D eigenvalue weighted by Gasteiger charge is 2.21. The fourth-order valence-electron chi connectivity index (χ4n) is 2.06. The van der Waals surface area contributed by atoms with Gasteiger partial charge < -0.3 is 10.1 Å². The van der Waals surface area contributed by atoms with Crippen LogP contribution < -0.4 is 5.32 Å². The van der Waals surface area contributed by atoms with Crippen molar-refractivity contribution in [3.8, 4) is 0 Å². The highest BCUT2D eigenvalue weighted by Crippen LogP contribution is 2.09. The normalized spacial score (nSPS) is 23.2. The molecule has 1 rings (SSSR count). The van der Waals surface area contributed by atoms with Gasteiger partial charge in [-0.1, -0.05) is 13.8 Å². The van der Waals surface area contributed by atoms with E-state index in [2.05, 4.69) is 37.9 Å². The van der Waals surface area contributed by atoms with Crippen LogP contribution in [0.5, 0.6) is 0 Å². The van der Waals surface area contributed by atoms with E-state index in [0.717, 1.165) is 13.2 Å². The van der Waals surface area contributed by atoms with E-state index in [1.165, 1.54) is 19.5 Å². The van der Waals surface area contributed by atoms with Crippen molar-refractivity contribution >= 4 is 0 Å². The zero-order valence-electron chi connectivity index (χ0n) is 10.6.